The molecule has 0 radical (unpaired) electrons. The molecular weight excluding hydrogens is 398 g/mol. The molecule has 5 heteroatoms. The van der Waals surface area contributed by atoms with Gasteiger partial charge in [-0.25, -0.2) is 0 Å². The third-order valence-corrected chi connectivity index (χ3v) is 6.17. The Kier molecular flexibility index (Phi) is 5.57. The Balaban J connectivity index is 1.38. The van der Waals surface area contributed by atoms with Crippen LogP contribution in [0.1, 0.15) is 27.5 Å². The molecule has 1 amide bonds. The van der Waals surface area contributed by atoms with Crippen molar-refractivity contribution in [3.05, 3.63) is 108 Å². The van der Waals surface area contributed by atoms with E-state index in [0.717, 1.165) is 29.4 Å². The maximum atomic E-state index is 13.3. The maximum Gasteiger partial charge on any atom is 0.256 e. The van der Waals surface area contributed by atoms with Crippen molar-refractivity contribution >= 4 is 16.7 Å². The smallest absolute Gasteiger partial charge is 0.256 e. The van der Waals surface area contributed by atoms with Gasteiger partial charge in [-0.15, -0.1) is 0 Å². The van der Waals surface area contributed by atoms with Crippen LogP contribution in [-0.4, -0.2) is 52.0 Å². The zero-order valence-corrected chi connectivity index (χ0v) is 17.8. The number of nitrogens with zero attached hydrogens (tertiary/aromatic N) is 3. The molecule has 0 saturated carbocycles. The molecular formula is C27H25N3O2. The highest BCUT2D eigenvalue weighted by Crippen LogP contribution is 2.31. The minimum Gasteiger partial charge on any atom is -0.508 e. The third kappa shape index (κ3) is 3.95. The molecule has 5 nitrogen and oxygen atoms in total. The van der Waals surface area contributed by atoms with Gasteiger partial charge in [-0.2, -0.15) is 0 Å². The summed E-state index contributed by atoms with van der Waals surface area (Å²) >= 11 is 0. The van der Waals surface area contributed by atoms with Gasteiger partial charge in [0.15, 0.2) is 0 Å². The van der Waals surface area contributed by atoms with E-state index in [2.05, 4.69) is 28.1 Å². The van der Waals surface area contributed by atoms with Gasteiger partial charge in [-0.05, 0) is 28.6 Å². The molecule has 1 N–H and O–H groups in total. The van der Waals surface area contributed by atoms with Crippen LogP contribution < -0.4 is 0 Å². The van der Waals surface area contributed by atoms with Crippen molar-refractivity contribution in [3.8, 4) is 5.75 Å². The highest BCUT2D eigenvalue weighted by molar-refractivity contribution is 6.06. The maximum absolute atomic E-state index is 13.3. The average Bonchev–Trinajstić information content (AvgIpc) is 2.85. The van der Waals surface area contributed by atoms with E-state index in [0.29, 0.717) is 18.7 Å². The van der Waals surface area contributed by atoms with Crippen LogP contribution in [0.5, 0.6) is 5.75 Å². The summed E-state index contributed by atoms with van der Waals surface area (Å²) in [7, 11) is 0. The summed E-state index contributed by atoms with van der Waals surface area (Å²) in [6, 6.07) is 25.7. The molecule has 160 valence electrons. The van der Waals surface area contributed by atoms with Crippen molar-refractivity contribution < 1.29 is 9.90 Å². The lowest BCUT2D eigenvalue weighted by atomic mass is 9.96. The molecule has 3 aromatic carbocycles. The van der Waals surface area contributed by atoms with Crippen molar-refractivity contribution in [3.63, 3.8) is 0 Å². The lowest BCUT2D eigenvalue weighted by molar-refractivity contribution is 0.0599. The summed E-state index contributed by atoms with van der Waals surface area (Å²) in [6.45, 7) is 2.78. The minimum absolute atomic E-state index is 0.0276. The van der Waals surface area contributed by atoms with E-state index >= 15 is 0 Å². The monoisotopic (exact) mass is 423 g/mol. The normalized spacial score (nSPS) is 15.6. The molecule has 1 aromatic heterocycles. The highest BCUT2D eigenvalue weighted by Gasteiger charge is 2.29. The number of hydrogen-bond donors (Lipinski definition) is 1. The Bertz CT molecular complexity index is 1230. The fraction of sp³-hybridized carbons (Fsp3) is 0.185. The summed E-state index contributed by atoms with van der Waals surface area (Å²) < 4.78 is 0. The number of benzene rings is 3. The summed E-state index contributed by atoms with van der Waals surface area (Å²) in [6.07, 6.45) is 3.47. The predicted octanol–water partition coefficient (Wildman–Crippen LogP) is 4.49. The summed E-state index contributed by atoms with van der Waals surface area (Å²) in [5.74, 6) is 0.295. The SMILES string of the molecule is O=C(c1cncc2ccccc12)N1CCN(C(c2ccccc2)c2cccc(O)c2)CC1. The number of phenolic OH excluding ortho intramolecular Hbond substituents is 1. The topological polar surface area (TPSA) is 56.7 Å². The Morgan fingerprint density at radius 3 is 2.31 bits per heavy atom. The lowest BCUT2D eigenvalue weighted by Gasteiger charge is -2.40. The quantitative estimate of drug-likeness (QED) is 0.526. The molecule has 1 saturated heterocycles. The molecule has 2 heterocycles. The number of piperazine rings is 1. The molecule has 0 spiro atoms. The fourth-order valence-corrected chi connectivity index (χ4v) is 4.58. The van der Waals surface area contributed by atoms with Crippen molar-refractivity contribution in [2.75, 3.05) is 26.2 Å². The highest BCUT2D eigenvalue weighted by atomic mass is 16.3. The molecule has 1 aliphatic rings. The van der Waals surface area contributed by atoms with Crippen LogP contribution in [0.3, 0.4) is 0 Å². The Hall–Kier alpha value is -3.70. The van der Waals surface area contributed by atoms with Crippen molar-refractivity contribution in [1.82, 2.24) is 14.8 Å². The minimum atomic E-state index is 0.0276. The molecule has 32 heavy (non-hydrogen) atoms. The first-order valence-electron chi connectivity index (χ1n) is 10.9. The third-order valence-electron chi connectivity index (χ3n) is 6.17. The second kappa shape index (κ2) is 8.81. The first-order chi connectivity index (χ1) is 15.7. The van der Waals surface area contributed by atoms with Gasteiger partial charge in [0.1, 0.15) is 5.75 Å². The van der Waals surface area contributed by atoms with E-state index in [9.17, 15) is 9.90 Å². The number of carbonyl (C=O) groups excluding carboxylic acids is 1. The molecule has 4 aromatic rings. The molecule has 1 fully saturated rings. The fourth-order valence-electron chi connectivity index (χ4n) is 4.58. The molecule has 0 aliphatic carbocycles. The van der Waals surface area contributed by atoms with E-state index in [1.807, 2.05) is 59.5 Å². The second-order valence-electron chi connectivity index (χ2n) is 8.14. The Labute approximate surface area is 187 Å². The van der Waals surface area contributed by atoms with Gasteiger partial charge in [-0.3, -0.25) is 14.7 Å². The number of hydrogen-bond acceptors (Lipinski definition) is 4. The average molecular weight is 424 g/mol. The number of carbonyl (C=O) groups is 1. The van der Waals surface area contributed by atoms with Gasteiger partial charge < -0.3 is 10.0 Å². The van der Waals surface area contributed by atoms with Gasteiger partial charge in [0, 0.05) is 44.0 Å². The lowest BCUT2D eigenvalue weighted by Crippen LogP contribution is -2.49. The first-order valence-corrected chi connectivity index (χ1v) is 10.9. The van der Waals surface area contributed by atoms with Gasteiger partial charge >= 0.3 is 0 Å². The van der Waals surface area contributed by atoms with Crippen molar-refractivity contribution in [1.29, 1.82) is 0 Å². The van der Waals surface area contributed by atoms with Crippen LogP contribution >= 0.6 is 0 Å². The Morgan fingerprint density at radius 2 is 1.53 bits per heavy atom. The number of pyridine rings is 1. The van der Waals surface area contributed by atoms with Crippen LogP contribution in [0, 0.1) is 0 Å². The van der Waals surface area contributed by atoms with Gasteiger partial charge in [0.05, 0.1) is 11.6 Å². The largest absolute Gasteiger partial charge is 0.508 e. The zero-order chi connectivity index (χ0) is 21.9. The number of aromatic nitrogens is 1. The van der Waals surface area contributed by atoms with Crippen LogP contribution in [0.2, 0.25) is 0 Å². The number of amides is 1. The number of fused-ring (bicyclic) bond motifs is 1. The first kappa shape index (κ1) is 20.2. The van der Waals surface area contributed by atoms with Crippen LogP contribution in [0.15, 0.2) is 91.3 Å². The number of phenols is 1. The zero-order valence-electron chi connectivity index (χ0n) is 17.8. The van der Waals surface area contributed by atoms with Gasteiger partial charge in [0.25, 0.3) is 5.91 Å². The number of aromatic hydroxyl groups is 1. The van der Waals surface area contributed by atoms with E-state index in [1.54, 1.807) is 18.5 Å². The number of rotatable bonds is 4. The van der Waals surface area contributed by atoms with Crippen molar-refractivity contribution in [2.24, 2.45) is 0 Å². The molecule has 1 unspecified atom stereocenters. The van der Waals surface area contributed by atoms with Gasteiger partial charge in [-0.1, -0.05) is 66.7 Å². The molecule has 1 aliphatic heterocycles. The van der Waals surface area contributed by atoms with E-state index in [4.69, 9.17) is 0 Å². The van der Waals surface area contributed by atoms with Crippen LogP contribution in [-0.2, 0) is 0 Å². The molecule has 5 rings (SSSR count). The van der Waals surface area contributed by atoms with E-state index in [1.165, 1.54) is 5.56 Å². The second-order valence-corrected chi connectivity index (χ2v) is 8.14. The Morgan fingerprint density at radius 1 is 0.812 bits per heavy atom. The summed E-state index contributed by atoms with van der Waals surface area (Å²) in [4.78, 5) is 21.9. The van der Waals surface area contributed by atoms with E-state index in [-0.39, 0.29) is 17.7 Å². The van der Waals surface area contributed by atoms with Crippen molar-refractivity contribution in [2.45, 2.75) is 6.04 Å². The van der Waals surface area contributed by atoms with Gasteiger partial charge in [0.2, 0.25) is 0 Å². The molecule has 0 bridgehead atoms. The predicted molar refractivity (Wildman–Crippen MR) is 126 cm³/mol. The van der Waals surface area contributed by atoms with Crippen LogP contribution in [0.25, 0.3) is 10.8 Å². The summed E-state index contributed by atoms with van der Waals surface area (Å²) in [5.41, 5.74) is 2.88. The molecule has 1 atom stereocenters. The van der Waals surface area contributed by atoms with E-state index < -0.39 is 0 Å². The summed E-state index contributed by atoms with van der Waals surface area (Å²) in [5, 5.41) is 12.0. The standard InChI is InChI=1S/C27H25N3O2/c31-23-11-6-10-21(17-23)26(20-7-2-1-3-8-20)29-13-15-30(16-14-29)27(32)25-19-28-18-22-9-4-5-12-24(22)25/h1-12,17-19,26,31H,13-16H2. The van der Waals surface area contributed by atoms with Crippen LogP contribution in [0.4, 0.5) is 0 Å².